The van der Waals surface area contributed by atoms with E-state index in [1.165, 1.54) is 18.7 Å². The second kappa shape index (κ2) is 3.48. The molecular weight excluding hydrogens is 178 g/mol. The van der Waals surface area contributed by atoms with Crippen molar-refractivity contribution >= 4 is 15.7 Å². The average Bonchev–Trinajstić information content (AvgIpc) is 2.06. The summed E-state index contributed by atoms with van der Waals surface area (Å²) in [6, 6.07) is 0. The molecule has 0 amide bonds. The number of hydrogen-bond donors (Lipinski definition) is 1. The van der Waals surface area contributed by atoms with Crippen LogP contribution in [-0.2, 0) is 10.0 Å². The monoisotopic (exact) mass is 187 g/mol. The smallest absolute Gasteiger partial charge is 0.232 e. The molecule has 6 heteroatoms. The molecule has 0 unspecified atom stereocenters. The van der Waals surface area contributed by atoms with Gasteiger partial charge in [0.15, 0.2) is 0 Å². The van der Waals surface area contributed by atoms with Gasteiger partial charge < -0.3 is 0 Å². The van der Waals surface area contributed by atoms with E-state index in [1.54, 1.807) is 6.92 Å². The molecule has 5 nitrogen and oxygen atoms in total. The van der Waals surface area contributed by atoms with Crippen molar-refractivity contribution < 1.29 is 8.42 Å². The molecule has 0 aromatic carbocycles. The Balaban J connectivity index is 2.78. The van der Waals surface area contributed by atoms with E-state index >= 15 is 0 Å². The van der Waals surface area contributed by atoms with Crippen molar-refractivity contribution in [3.8, 4) is 0 Å². The van der Waals surface area contributed by atoms with E-state index < -0.39 is 10.0 Å². The summed E-state index contributed by atoms with van der Waals surface area (Å²) in [7, 11) is -3.20. The molecule has 0 bridgehead atoms. The number of hydrogen-bond acceptors (Lipinski definition) is 4. The molecule has 0 saturated heterocycles. The molecule has 1 aromatic heterocycles. The summed E-state index contributed by atoms with van der Waals surface area (Å²) in [5, 5.41) is 0. The lowest BCUT2D eigenvalue weighted by Gasteiger charge is -2.02. The second-order valence-corrected chi connectivity index (χ2v) is 4.14. The molecule has 0 spiro atoms. The largest absolute Gasteiger partial charge is 0.280 e. The molecule has 1 N–H and O–H groups in total. The summed E-state index contributed by atoms with van der Waals surface area (Å²) in [6.07, 6.45) is 4.14. The molecule has 0 aliphatic rings. The van der Waals surface area contributed by atoms with E-state index in [0.717, 1.165) is 0 Å². The van der Waals surface area contributed by atoms with Crippen molar-refractivity contribution in [2.75, 3.05) is 10.5 Å². The van der Waals surface area contributed by atoms with Gasteiger partial charge in [-0.2, -0.15) is 0 Å². The van der Waals surface area contributed by atoms with E-state index in [-0.39, 0.29) is 5.75 Å². The third-order valence-corrected chi connectivity index (χ3v) is 2.52. The van der Waals surface area contributed by atoms with E-state index in [4.69, 9.17) is 0 Å². The first kappa shape index (κ1) is 8.92. The number of sulfonamides is 1. The Morgan fingerprint density at radius 2 is 2.00 bits per heavy atom. The van der Waals surface area contributed by atoms with Gasteiger partial charge in [0.25, 0.3) is 0 Å². The van der Waals surface area contributed by atoms with Gasteiger partial charge in [-0.15, -0.1) is 0 Å². The Morgan fingerprint density at radius 1 is 1.42 bits per heavy atom. The maximum atomic E-state index is 11.0. The quantitative estimate of drug-likeness (QED) is 0.735. The van der Waals surface area contributed by atoms with Crippen LogP contribution in [0.15, 0.2) is 18.7 Å². The van der Waals surface area contributed by atoms with Crippen LogP contribution in [0.4, 0.5) is 5.69 Å². The van der Waals surface area contributed by atoms with Gasteiger partial charge in [-0.25, -0.2) is 18.4 Å². The normalized spacial score (nSPS) is 11.1. The lowest BCUT2D eigenvalue weighted by atomic mass is 10.6. The Kier molecular flexibility index (Phi) is 2.59. The minimum Gasteiger partial charge on any atom is -0.280 e. The highest BCUT2D eigenvalue weighted by molar-refractivity contribution is 7.92. The van der Waals surface area contributed by atoms with E-state index in [9.17, 15) is 8.42 Å². The van der Waals surface area contributed by atoms with Crippen molar-refractivity contribution in [2.24, 2.45) is 0 Å². The van der Waals surface area contributed by atoms with E-state index in [0.29, 0.717) is 5.69 Å². The van der Waals surface area contributed by atoms with Crippen LogP contribution in [0.25, 0.3) is 0 Å². The van der Waals surface area contributed by atoms with Gasteiger partial charge in [0.2, 0.25) is 10.0 Å². The number of rotatable bonds is 3. The van der Waals surface area contributed by atoms with Gasteiger partial charge in [0.05, 0.1) is 23.8 Å². The Morgan fingerprint density at radius 3 is 2.50 bits per heavy atom. The van der Waals surface area contributed by atoms with Crippen LogP contribution < -0.4 is 4.72 Å². The molecule has 0 aliphatic carbocycles. The Bertz CT molecular complexity index is 335. The fraction of sp³-hybridized carbons (Fsp3) is 0.333. The molecule has 0 atom stereocenters. The standard InChI is InChI=1S/C6H9N3O2S/c1-2-12(10,11)9-6-3-7-5-8-4-6/h3-5,9H,2H2,1H3. The number of nitrogens with zero attached hydrogens (tertiary/aromatic N) is 2. The van der Waals surface area contributed by atoms with Crippen LogP contribution in [0.3, 0.4) is 0 Å². The summed E-state index contributed by atoms with van der Waals surface area (Å²) in [5.74, 6) is 0.0435. The van der Waals surface area contributed by atoms with E-state index in [2.05, 4.69) is 14.7 Å². The van der Waals surface area contributed by atoms with Gasteiger partial charge in [-0.3, -0.25) is 4.72 Å². The van der Waals surface area contributed by atoms with Crippen LogP contribution in [0.2, 0.25) is 0 Å². The summed E-state index contributed by atoms with van der Waals surface area (Å²) >= 11 is 0. The van der Waals surface area contributed by atoms with Gasteiger partial charge >= 0.3 is 0 Å². The highest BCUT2D eigenvalue weighted by Crippen LogP contribution is 2.03. The molecule has 66 valence electrons. The second-order valence-electron chi connectivity index (χ2n) is 2.13. The first-order chi connectivity index (χ1) is 5.64. The SMILES string of the molecule is CCS(=O)(=O)Nc1cncnc1. The van der Waals surface area contributed by atoms with Crippen molar-refractivity contribution in [2.45, 2.75) is 6.92 Å². The first-order valence-electron chi connectivity index (χ1n) is 3.39. The lowest BCUT2D eigenvalue weighted by Crippen LogP contribution is -2.14. The number of aromatic nitrogens is 2. The van der Waals surface area contributed by atoms with E-state index in [1.807, 2.05) is 0 Å². The van der Waals surface area contributed by atoms with Crippen molar-refractivity contribution in [3.05, 3.63) is 18.7 Å². The minimum atomic E-state index is -3.20. The van der Waals surface area contributed by atoms with Gasteiger partial charge in [0.1, 0.15) is 6.33 Å². The van der Waals surface area contributed by atoms with Gasteiger partial charge in [-0.1, -0.05) is 0 Å². The maximum absolute atomic E-state index is 11.0. The van der Waals surface area contributed by atoms with Crippen LogP contribution in [0.5, 0.6) is 0 Å². The third-order valence-electron chi connectivity index (χ3n) is 1.21. The fourth-order valence-electron chi connectivity index (χ4n) is 0.604. The Labute approximate surface area is 70.9 Å². The zero-order chi connectivity index (χ0) is 9.03. The Hall–Kier alpha value is -1.17. The topological polar surface area (TPSA) is 72.0 Å². The summed E-state index contributed by atoms with van der Waals surface area (Å²) in [5.41, 5.74) is 0.388. The van der Waals surface area contributed by atoms with Crippen LogP contribution in [-0.4, -0.2) is 24.1 Å². The summed E-state index contributed by atoms with van der Waals surface area (Å²) < 4.78 is 24.3. The zero-order valence-corrected chi connectivity index (χ0v) is 7.37. The van der Waals surface area contributed by atoms with Crippen molar-refractivity contribution in [3.63, 3.8) is 0 Å². The maximum Gasteiger partial charge on any atom is 0.232 e. The molecule has 1 rings (SSSR count). The molecule has 1 heterocycles. The van der Waals surface area contributed by atoms with Crippen LogP contribution >= 0.6 is 0 Å². The van der Waals surface area contributed by atoms with Crippen molar-refractivity contribution in [1.29, 1.82) is 0 Å². The number of nitrogens with one attached hydrogen (secondary N) is 1. The number of anilines is 1. The molecule has 0 fully saturated rings. The average molecular weight is 187 g/mol. The third kappa shape index (κ3) is 2.46. The predicted octanol–water partition coefficient (Wildman–Crippen LogP) is 0.238. The minimum absolute atomic E-state index is 0.0435. The molecule has 0 aliphatic heterocycles. The lowest BCUT2D eigenvalue weighted by molar-refractivity contribution is 0.602. The fourth-order valence-corrected chi connectivity index (χ4v) is 1.21. The van der Waals surface area contributed by atoms with Gasteiger partial charge in [-0.05, 0) is 6.92 Å². The zero-order valence-electron chi connectivity index (χ0n) is 6.56. The van der Waals surface area contributed by atoms with Gasteiger partial charge in [0, 0.05) is 0 Å². The highest BCUT2D eigenvalue weighted by Gasteiger charge is 2.05. The van der Waals surface area contributed by atoms with Crippen LogP contribution in [0.1, 0.15) is 6.92 Å². The molecule has 0 saturated carbocycles. The first-order valence-corrected chi connectivity index (χ1v) is 5.05. The molecular formula is C6H9N3O2S. The molecule has 12 heavy (non-hydrogen) atoms. The van der Waals surface area contributed by atoms with Crippen LogP contribution in [0, 0.1) is 0 Å². The summed E-state index contributed by atoms with van der Waals surface area (Å²) in [4.78, 5) is 7.33. The summed E-state index contributed by atoms with van der Waals surface area (Å²) in [6.45, 7) is 1.56. The molecule has 1 aromatic rings. The molecule has 0 radical (unpaired) electrons. The van der Waals surface area contributed by atoms with Crippen molar-refractivity contribution in [1.82, 2.24) is 9.97 Å². The predicted molar refractivity (Wildman–Crippen MR) is 45.1 cm³/mol. The highest BCUT2D eigenvalue weighted by atomic mass is 32.2.